The van der Waals surface area contributed by atoms with Crippen molar-refractivity contribution in [2.45, 2.75) is 39.2 Å². The molecule has 176 valence electrons. The minimum atomic E-state index is -0.395. The Kier molecular flexibility index (Phi) is 7.53. The van der Waals surface area contributed by atoms with Crippen molar-refractivity contribution in [2.75, 3.05) is 13.7 Å². The lowest BCUT2D eigenvalue weighted by atomic mass is 9.92. The fourth-order valence-corrected chi connectivity index (χ4v) is 5.22. The molecule has 6 nitrogen and oxygen atoms in total. The summed E-state index contributed by atoms with van der Waals surface area (Å²) in [5.41, 5.74) is 5.32. The molecule has 1 N–H and O–H groups in total. The zero-order valence-electron chi connectivity index (χ0n) is 19.7. The number of rotatable bonds is 8. The summed E-state index contributed by atoms with van der Waals surface area (Å²) in [7, 11) is 1.39. The van der Waals surface area contributed by atoms with Crippen LogP contribution in [-0.4, -0.2) is 35.6 Å². The third kappa shape index (κ3) is 5.09. The molecule has 1 amide bonds. The molecule has 34 heavy (non-hydrogen) atoms. The number of amides is 1. The zero-order valence-corrected chi connectivity index (χ0v) is 20.5. The van der Waals surface area contributed by atoms with Crippen LogP contribution in [0.15, 0.2) is 82.0 Å². The van der Waals surface area contributed by atoms with Gasteiger partial charge in [0.25, 0.3) is 0 Å². The first-order valence-corrected chi connectivity index (χ1v) is 12.3. The number of benzene rings is 2. The summed E-state index contributed by atoms with van der Waals surface area (Å²) in [6, 6.07) is 17.8. The van der Waals surface area contributed by atoms with Crippen LogP contribution in [0.1, 0.15) is 42.5 Å². The Morgan fingerprint density at radius 1 is 1.15 bits per heavy atom. The first-order valence-electron chi connectivity index (χ1n) is 11.4. The maximum Gasteiger partial charge on any atom is 0.338 e. The van der Waals surface area contributed by atoms with E-state index in [1.165, 1.54) is 24.4 Å². The molecule has 0 spiro atoms. The van der Waals surface area contributed by atoms with Crippen molar-refractivity contribution in [3.63, 3.8) is 0 Å². The van der Waals surface area contributed by atoms with Gasteiger partial charge in [-0.05, 0) is 36.3 Å². The lowest BCUT2D eigenvalue weighted by molar-refractivity contribution is -0.136. The van der Waals surface area contributed by atoms with Gasteiger partial charge in [0.1, 0.15) is 0 Å². The molecule has 0 fully saturated rings. The van der Waals surface area contributed by atoms with E-state index in [9.17, 15) is 9.59 Å². The molecular formula is C27H29N3O3S. The van der Waals surface area contributed by atoms with Crippen LogP contribution >= 0.6 is 11.8 Å². The van der Waals surface area contributed by atoms with Gasteiger partial charge in [-0.1, -0.05) is 78.8 Å². The molecule has 2 aliphatic rings. The van der Waals surface area contributed by atoms with Crippen LogP contribution in [-0.2, 0) is 20.7 Å². The molecule has 4 rings (SSSR count). The molecule has 2 aromatic carbocycles. The summed E-state index contributed by atoms with van der Waals surface area (Å²) in [6.45, 7) is 4.58. The third-order valence-electron chi connectivity index (χ3n) is 5.91. The number of nitrogens with one attached hydrogen (secondary N) is 1. The van der Waals surface area contributed by atoms with E-state index in [-0.39, 0.29) is 12.3 Å². The fraction of sp³-hybridized carbons (Fsp3) is 0.296. The van der Waals surface area contributed by atoms with E-state index in [1.54, 1.807) is 0 Å². The monoisotopic (exact) mass is 475 g/mol. The molecule has 0 aliphatic carbocycles. The van der Waals surface area contributed by atoms with Gasteiger partial charge in [-0.3, -0.25) is 4.79 Å². The maximum atomic E-state index is 12.9. The number of amidine groups is 1. The maximum absolute atomic E-state index is 12.9. The van der Waals surface area contributed by atoms with Gasteiger partial charge < -0.3 is 15.0 Å². The molecule has 2 aromatic rings. The van der Waals surface area contributed by atoms with Crippen LogP contribution in [0.5, 0.6) is 0 Å². The topological polar surface area (TPSA) is 71.0 Å². The highest BCUT2D eigenvalue weighted by Gasteiger charge is 2.41. The van der Waals surface area contributed by atoms with Crippen LogP contribution in [0.25, 0.3) is 0 Å². The summed E-state index contributed by atoms with van der Waals surface area (Å²) < 4.78 is 5.17. The first-order chi connectivity index (χ1) is 16.5. The first kappa shape index (κ1) is 23.8. The van der Waals surface area contributed by atoms with E-state index >= 15 is 0 Å². The average Bonchev–Trinajstić information content (AvgIpc) is 3.25. The Bertz CT molecular complexity index is 1170. The Balaban J connectivity index is 1.57. The summed E-state index contributed by atoms with van der Waals surface area (Å²) >= 11 is 1.49. The number of hydrogen-bond donors (Lipinski definition) is 1. The van der Waals surface area contributed by atoms with Gasteiger partial charge in [-0.2, -0.15) is 0 Å². The normalized spacial score (nSPS) is 17.1. The summed E-state index contributed by atoms with van der Waals surface area (Å²) in [6.07, 6.45) is 1.59. The number of aryl methyl sites for hydroxylation is 1. The van der Waals surface area contributed by atoms with Crippen LogP contribution in [0.4, 0.5) is 0 Å². The van der Waals surface area contributed by atoms with Gasteiger partial charge >= 0.3 is 5.97 Å². The smallest absolute Gasteiger partial charge is 0.338 e. The molecule has 0 saturated heterocycles. The number of carbonyl (C=O) groups is 2. The summed E-state index contributed by atoms with van der Waals surface area (Å²) in [4.78, 5) is 32.5. The number of ether oxygens (including phenoxy) is 1. The molecule has 7 heteroatoms. The number of thioether (sulfide) groups is 1. The second kappa shape index (κ2) is 10.7. The van der Waals surface area contributed by atoms with Crippen molar-refractivity contribution in [2.24, 2.45) is 4.99 Å². The number of methoxy groups -OCH3 is 1. The third-order valence-corrected chi connectivity index (χ3v) is 6.80. The molecule has 2 aliphatic heterocycles. The van der Waals surface area contributed by atoms with E-state index in [0.29, 0.717) is 18.5 Å². The standard InChI is InChI=1S/C27H29N3O3S/c1-4-22-24(26(32)33-3)25(20-12-8-9-18(2)15-20)30-21(17-34-27(30)29-22)16-23(31)28-14-13-19-10-6-5-7-11-19/h5-12,15,17,25H,4,13-14,16H2,1-3H3,(H,28,31)/t25-/m0/s1. The predicted octanol–water partition coefficient (Wildman–Crippen LogP) is 4.88. The van der Waals surface area contributed by atoms with Gasteiger partial charge in [0.05, 0.1) is 30.8 Å². The Morgan fingerprint density at radius 3 is 2.65 bits per heavy atom. The Hall–Kier alpha value is -3.32. The van der Waals surface area contributed by atoms with E-state index < -0.39 is 12.0 Å². The second-order valence-corrected chi connectivity index (χ2v) is 9.11. The van der Waals surface area contributed by atoms with Crippen LogP contribution in [0.3, 0.4) is 0 Å². The highest BCUT2D eigenvalue weighted by atomic mass is 32.2. The van der Waals surface area contributed by atoms with E-state index in [2.05, 4.69) is 23.5 Å². The highest BCUT2D eigenvalue weighted by molar-refractivity contribution is 8.16. The number of hydrogen-bond acceptors (Lipinski definition) is 6. The second-order valence-electron chi connectivity index (χ2n) is 8.28. The summed E-state index contributed by atoms with van der Waals surface area (Å²) in [5, 5.41) is 5.77. The van der Waals surface area contributed by atoms with E-state index in [4.69, 9.17) is 9.73 Å². The molecular weight excluding hydrogens is 446 g/mol. The van der Waals surface area contributed by atoms with Crippen molar-refractivity contribution < 1.29 is 14.3 Å². The Labute approximate surface area is 204 Å². The van der Waals surface area contributed by atoms with Gasteiger partial charge in [0, 0.05) is 12.2 Å². The van der Waals surface area contributed by atoms with Crippen molar-refractivity contribution in [1.82, 2.24) is 10.2 Å². The number of nitrogens with zero attached hydrogens (tertiary/aromatic N) is 2. The van der Waals surface area contributed by atoms with Gasteiger partial charge in [-0.15, -0.1) is 0 Å². The quantitative estimate of drug-likeness (QED) is 0.551. The van der Waals surface area contributed by atoms with Crippen molar-refractivity contribution >= 4 is 28.8 Å². The number of carbonyl (C=O) groups excluding carboxylic acids is 2. The van der Waals surface area contributed by atoms with Crippen LogP contribution in [0, 0.1) is 6.92 Å². The predicted molar refractivity (Wildman–Crippen MR) is 136 cm³/mol. The fourth-order valence-electron chi connectivity index (χ4n) is 4.29. The lowest BCUT2D eigenvalue weighted by Crippen LogP contribution is -2.38. The van der Waals surface area contributed by atoms with Crippen molar-refractivity contribution in [3.8, 4) is 0 Å². The van der Waals surface area contributed by atoms with Gasteiger partial charge in [0.15, 0.2) is 5.17 Å². The molecule has 0 unspecified atom stereocenters. The number of allylic oxidation sites excluding steroid dienone is 1. The number of aliphatic imine (C=N–C) groups is 1. The Morgan fingerprint density at radius 2 is 1.94 bits per heavy atom. The van der Waals surface area contributed by atoms with E-state index in [0.717, 1.165) is 34.1 Å². The van der Waals surface area contributed by atoms with Crippen LogP contribution in [0.2, 0.25) is 0 Å². The minimum Gasteiger partial charge on any atom is -0.466 e. The van der Waals surface area contributed by atoms with E-state index in [1.807, 2.05) is 60.6 Å². The molecule has 2 heterocycles. The highest BCUT2D eigenvalue weighted by Crippen LogP contribution is 2.45. The molecule has 0 aromatic heterocycles. The SMILES string of the molecule is CCC1=C(C(=O)OC)[C@H](c2cccc(C)c2)N2C(CC(=O)NCCc3ccccc3)=CSC2=N1. The van der Waals surface area contributed by atoms with Gasteiger partial charge in [-0.25, -0.2) is 9.79 Å². The molecule has 0 bridgehead atoms. The number of fused-ring (bicyclic) bond motifs is 1. The largest absolute Gasteiger partial charge is 0.466 e. The number of esters is 1. The minimum absolute atomic E-state index is 0.0584. The molecule has 0 saturated carbocycles. The lowest BCUT2D eigenvalue weighted by Gasteiger charge is -2.36. The van der Waals surface area contributed by atoms with Crippen molar-refractivity contribution in [1.29, 1.82) is 0 Å². The average molecular weight is 476 g/mol. The van der Waals surface area contributed by atoms with Crippen LogP contribution < -0.4 is 5.32 Å². The summed E-state index contributed by atoms with van der Waals surface area (Å²) in [5.74, 6) is -0.452. The molecule has 0 radical (unpaired) electrons. The molecule has 1 atom stereocenters. The zero-order chi connectivity index (χ0) is 24.1. The van der Waals surface area contributed by atoms with Gasteiger partial charge in [0.2, 0.25) is 5.91 Å². The van der Waals surface area contributed by atoms with Crippen molar-refractivity contribution in [3.05, 3.63) is 93.7 Å².